The van der Waals surface area contributed by atoms with Crippen molar-refractivity contribution in [1.29, 1.82) is 0 Å². The van der Waals surface area contributed by atoms with Crippen LogP contribution in [0.25, 0.3) is 0 Å². The molecule has 0 aliphatic heterocycles. The van der Waals surface area contributed by atoms with E-state index in [1.807, 2.05) is 18.2 Å². The van der Waals surface area contributed by atoms with Crippen LogP contribution >= 0.6 is 24.0 Å². The van der Waals surface area contributed by atoms with E-state index in [1.165, 1.54) is 6.42 Å². The maximum Gasteiger partial charge on any atom is 0.191 e. The number of aliphatic imine (C=N–C) groups is 1. The van der Waals surface area contributed by atoms with Crippen LogP contribution in [0.4, 0.5) is 0 Å². The molecule has 6 nitrogen and oxygen atoms in total. The van der Waals surface area contributed by atoms with Crippen molar-refractivity contribution in [3.8, 4) is 5.75 Å². The molecule has 0 aromatic heterocycles. The normalized spacial score (nSPS) is 14.2. The Balaban J connectivity index is 0.00000364. The minimum absolute atomic E-state index is 0. The summed E-state index contributed by atoms with van der Waals surface area (Å²) in [5.41, 5.74) is 1.12. The number of rotatable bonds is 12. The quantitative estimate of drug-likeness (QED) is 0.203. The molecule has 0 saturated heterocycles. The van der Waals surface area contributed by atoms with Crippen molar-refractivity contribution in [2.75, 3.05) is 40.0 Å². The third-order valence-corrected chi connectivity index (χ3v) is 4.26. The summed E-state index contributed by atoms with van der Waals surface area (Å²) in [6.07, 6.45) is 4.90. The number of methoxy groups -OCH3 is 1. The van der Waals surface area contributed by atoms with Gasteiger partial charge >= 0.3 is 0 Å². The number of hydrogen-bond donors (Lipinski definition) is 2. The molecule has 0 radical (unpaired) electrons. The number of hydrogen-bond acceptors (Lipinski definition) is 4. The molecule has 27 heavy (non-hydrogen) atoms. The molecule has 1 aromatic rings. The van der Waals surface area contributed by atoms with Crippen LogP contribution in [0.5, 0.6) is 5.75 Å². The summed E-state index contributed by atoms with van der Waals surface area (Å²) < 4.78 is 16.5. The fourth-order valence-corrected chi connectivity index (χ4v) is 2.55. The zero-order chi connectivity index (χ0) is 18.5. The van der Waals surface area contributed by atoms with Gasteiger partial charge in [-0.1, -0.05) is 18.2 Å². The van der Waals surface area contributed by atoms with E-state index in [-0.39, 0.29) is 24.0 Å². The molecule has 0 heterocycles. The lowest BCUT2D eigenvalue weighted by Crippen LogP contribution is -2.38. The third-order valence-electron chi connectivity index (χ3n) is 4.26. The van der Waals surface area contributed by atoms with Gasteiger partial charge in [-0.3, -0.25) is 0 Å². The van der Waals surface area contributed by atoms with Crippen LogP contribution in [0.15, 0.2) is 29.3 Å². The number of nitrogens with zero attached hydrogens (tertiary/aromatic N) is 1. The topological polar surface area (TPSA) is 64.1 Å². The summed E-state index contributed by atoms with van der Waals surface area (Å²) >= 11 is 0. The molecule has 1 aliphatic carbocycles. The van der Waals surface area contributed by atoms with Crippen LogP contribution in [0.2, 0.25) is 0 Å². The average Bonchev–Trinajstić information content (AvgIpc) is 2.62. The Morgan fingerprint density at radius 2 is 1.96 bits per heavy atom. The van der Waals surface area contributed by atoms with Crippen molar-refractivity contribution in [2.24, 2.45) is 4.99 Å². The molecule has 0 bridgehead atoms. The lowest BCUT2D eigenvalue weighted by Gasteiger charge is -2.27. The maximum atomic E-state index is 6.08. The highest BCUT2D eigenvalue weighted by molar-refractivity contribution is 14.0. The van der Waals surface area contributed by atoms with E-state index in [2.05, 4.69) is 23.6 Å². The van der Waals surface area contributed by atoms with Crippen molar-refractivity contribution in [1.82, 2.24) is 10.6 Å². The van der Waals surface area contributed by atoms with Crippen molar-refractivity contribution >= 4 is 29.9 Å². The summed E-state index contributed by atoms with van der Waals surface area (Å²) in [6, 6.07) is 8.19. The third kappa shape index (κ3) is 9.62. The van der Waals surface area contributed by atoms with E-state index >= 15 is 0 Å². The molecule has 1 fully saturated rings. The van der Waals surface area contributed by atoms with E-state index in [4.69, 9.17) is 19.2 Å². The zero-order valence-electron chi connectivity index (χ0n) is 16.5. The lowest BCUT2D eigenvalue weighted by atomic mass is 9.96. The van der Waals surface area contributed by atoms with Gasteiger partial charge < -0.3 is 24.8 Å². The van der Waals surface area contributed by atoms with Crippen molar-refractivity contribution in [2.45, 2.75) is 45.3 Å². The highest BCUT2D eigenvalue weighted by Gasteiger charge is 2.20. The second-order valence-corrected chi connectivity index (χ2v) is 6.36. The average molecular weight is 491 g/mol. The summed E-state index contributed by atoms with van der Waals surface area (Å²) in [5.74, 6) is 1.78. The first-order valence-electron chi connectivity index (χ1n) is 9.67. The van der Waals surface area contributed by atoms with Crippen molar-refractivity contribution < 1.29 is 14.2 Å². The molecule has 1 aromatic carbocycles. The summed E-state index contributed by atoms with van der Waals surface area (Å²) in [4.78, 5) is 4.70. The maximum absolute atomic E-state index is 6.08. The van der Waals surface area contributed by atoms with Gasteiger partial charge in [-0.15, -0.1) is 24.0 Å². The minimum atomic E-state index is 0. The number of guanidine groups is 1. The number of ether oxygens (including phenoxy) is 3. The fourth-order valence-electron chi connectivity index (χ4n) is 2.55. The molecule has 1 saturated carbocycles. The largest absolute Gasteiger partial charge is 0.490 e. The highest BCUT2D eigenvalue weighted by Crippen LogP contribution is 2.27. The van der Waals surface area contributed by atoms with Gasteiger partial charge in [-0.2, -0.15) is 0 Å². The first kappa shape index (κ1) is 24.0. The summed E-state index contributed by atoms with van der Waals surface area (Å²) in [7, 11) is 1.68. The Labute approximate surface area is 180 Å². The van der Waals surface area contributed by atoms with Gasteiger partial charge in [-0.05, 0) is 38.7 Å². The van der Waals surface area contributed by atoms with Gasteiger partial charge in [0.1, 0.15) is 5.75 Å². The SMILES string of the molecule is CCNC(=NCc1ccccc1OC1CCC1)NCCCOCCOC.I. The number of halogens is 1. The Kier molecular flexibility index (Phi) is 13.3. The van der Waals surface area contributed by atoms with Gasteiger partial charge in [0.15, 0.2) is 5.96 Å². The van der Waals surface area contributed by atoms with Crippen LogP contribution in [0, 0.1) is 0 Å². The summed E-state index contributed by atoms with van der Waals surface area (Å²) in [5, 5.41) is 6.64. The molecule has 0 spiro atoms. The van der Waals surface area contributed by atoms with E-state index in [0.29, 0.717) is 32.5 Å². The van der Waals surface area contributed by atoms with E-state index in [0.717, 1.165) is 49.6 Å². The predicted octanol–water partition coefficient (Wildman–Crippen LogP) is 3.34. The van der Waals surface area contributed by atoms with Crippen molar-refractivity contribution in [3.05, 3.63) is 29.8 Å². The monoisotopic (exact) mass is 491 g/mol. The Bertz CT molecular complexity index is 539. The van der Waals surface area contributed by atoms with E-state index in [1.54, 1.807) is 7.11 Å². The molecule has 0 unspecified atom stereocenters. The molecule has 0 amide bonds. The minimum Gasteiger partial charge on any atom is -0.490 e. The second kappa shape index (κ2) is 14.9. The van der Waals surface area contributed by atoms with E-state index in [9.17, 15) is 0 Å². The molecule has 2 N–H and O–H groups in total. The number of nitrogens with one attached hydrogen (secondary N) is 2. The Hall–Kier alpha value is -1.06. The van der Waals surface area contributed by atoms with Crippen LogP contribution in [0.1, 0.15) is 38.2 Å². The molecule has 1 aliphatic rings. The molecular formula is C20H34IN3O3. The zero-order valence-corrected chi connectivity index (χ0v) is 18.9. The van der Waals surface area contributed by atoms with Crippen LogP contribution in [0.3, 0.4) is 0 Å². The highest BCUT2D eigenvalue weighted by atomic mass is 127. The smallest absolute Gasteiger partial charge is 0.191 e. The Morgan fingerprint density at radius 1 is 1.15 bits per heavy atom. The standard InChI is InChI=1S/C20H33N3O3.HI/c1-3-21-20(22-12-7-13-25-15-14-24-2)23-16-17-8-4-5-11-19(17)26-18-9-6-10-18;/h4-5,8,11,18H,3,6-7,9-10,12-16H2,1-2H3,(H2,21,22,23);1H. The molecule has 7 heteroatoms. The predicted molar refractivity (Wildman–Crippen MR) is 120 cm³/mol. The van der Waals surface area contributed by atoms with Gasteiger partial charge in [-0.25, -0.2) is 4.99 Å². The lowest BCUT2D eigenvalue weighted by molar-refractivity contribution is 0.0698. The number of para-hydroxylation sites is 1. The van der Waals surface area contributed by atoms with Crippen LogP contribution in [-0.2, 0) is 16.0 Å². The molecular weight excluding hydrogens is 457 g/mol. The second-order valence-electron chi connectivity index (χ2n) is 6.36. The van der Waals surface area contributed by atoms with Gasteiger partial charge in [0.05, 0.1) is 25.9 Å². The van der Waals surface area contributed by atoms with Gasteiger partial charge in [0.25, 0.3) is 0 Å². The fraction of sp³-hybridized carbons (Fsp3) is 0.650. The van der Waals surface area contributed by atoms with Crippen LogP contribution in [-0.4, -0.2) is 52.1 Å². The molecule has 154 valence electrons. The van der Waals surface area contributed by atoms with Crippen molar-refractivity contribution in [3.63, 3.8) is 0 Å². The molecule has 0 atom stereocenters. The number of benzene rings is 1. The first-order valence-corrected chi connectivity index (χ1v) is 9.67. The van der Waals surface area contributed by atoms with Crippen LogP contribution < -0.4 is 15.4 Å². The summed E-state index contributed by atoms with van der Waals surface area (Å²) in [6.45, 7) is 6.31. The Morgan fingerprint density at radius 3 is 2.67 bits per heavy atom. The van der Waals surface area contributed by atoms with E-state index < -0.39 is 0 Å². The molecule has 2 rings (SSSR count). The van der Waals surface area contributed by atoms with Gasteiger partial charge in [0.2, 0.25) is 0 Å². The van der Waals surface area contributed by atoms with Gasteiger partial charge in [0, 0.05) is 32.4 Å². The first-order chi connectivity index (χ1) is 12.8.